The van der Waals surface area contributed by atoms with E-state index in [9.17, 15) is 9.59 Å². The minimum atomic E-state index is -0.381. The van der Waals surface area contributed by atoms with Crippen molar-refractivity contribution < 1.29 is 9.59 Å². The highest BCUT2D eigenvalue weighted by molar-refractivity contribution is 6.01. The van der Waals surface area contributed by atoms with Crippen molar-refractivity contribution in [1.29, 1.82) is 0 Å². The Bertz CT molecular complexity index is 627. The van der Waals surface area contributed by atoms with Gasteiger partial charge in [0.15, 0.2) is 11.6 Å². The molecule has 2 aromatic rings. The largest absolute Gasteiger partial charge is 0.352 e. The van der Waals surface area contributed by atoms with Gasteiger partial charge in [0.1, 0.15) is 0 Å². The van der Waals surface area contributed by atoms with Crippen molar-refractivity contribution in [3.8, 4) is 0 Å². The zero-order valence-electron chi connectivity index (χ0n) is 10.8. The maximum Gasteiger partial charge on any atom is 0.292 e. The third kappa shape index (κ3) is 2.46. The van der Waals surface area contributed by atoms with E-state index in [-0.39, 0.29) is 23.5 Å². The molecule has 0 unspecified atom stereocenters. The number of aryl methyl sites for hydroxylation is 2. The molecule has 0 saturated carbocycles. The number of nitrogens with zero attached hydrogens (tertiary/aromatic N) is 4. The number of rotatable bonds is 3. The molecule has 19 heavy (non-hydrogen) atoms. The van der Waals surface area contributed by atoms with Gasteiger partial charge in [-0.05, 0) is 0 Å². The molecule has 0 fully saturated rings. The minimum Gasteiger partial charge on any atom is -0.352 e. The molecule has 8 nitrogen and oxygen atoms in total. The molecule has 8 heteroatoms. The van der Waals surface area contributed by atoms with Crippen LogP contribution in [-0.4, -0.2) is 38.0 Å². The Morgan fingerprint density at radius 3 is 2.47 bits per heavy atom. The summed E-state index contributed by atoms with van der Waals surface area (Å²) >= 11 is 0. The van der Waals surface area contributed by atoms with E-state index in [0.29, 0.717) is 5.82 Å². The molecule has 2 rings (SSSR count). The average Bonchev–Trinajstić information content (AvgIpc) is 2.94. The fraction of sp³-hybridized carbons (Fsp3) is 0.273. The number of carbonyl (C=O) groups excluding carboxylic acids is 2. The zero-order valence-corrected chi connectivity index (χ0v) is 10.8. The second kappa shape index (κ2) is 4.92. The number of anilines is 1. The van der Waals surface area contributed by atoms with E-state index >= 15 is 0 Å². The van der Waals surface area contributed by atoms with E-state index in [1.807, 2.05) is 0 Å². The Labute approximate surface area is 109 Å². The molecular formula is C11H14N6O2. The molecule has 0 atom stereocenters. The molecule has 0 aliphatic carbocycles. The number of amides is 2. The molecule has 0 aliphatic heterocycles. The van der Waals surface area contributed by atoms with E-state index in [2.05, 4.69) is 20.6 Å². The molecule has 0 aromatic carbocycles. The van der Waals surface area contributed by atoms with E-state index < -0.39 is 0 Å². The Hall–Kier alpha value is -2.64. The van der Waals surface area contributed by atoms with Crippen LogP contribution in [0.2, 0.25) is 0 Å². The van der Waals surface area contributed by atoms with Crippen LogP contribution in [0.1, 0.15) is 21.2 Å². The van der Waals surface area contributed by atoms with Crippen LogP contribution in [0.5, 0.6) is 0 Å². The molecule has 2 aromatic heterocycles. The first kappa shape index (κ1) is 12.8. The third-order valence-corrected chi connectivity index (χ3v) is 2.57. The third-order valence-electron chi connectivity index (χ3n) is 2.57. The van der Waals surface area contributed by atoms with Gasteiger partial charge in [0, 0.05) is 39.7 Å². The molecular weight excluding hydrogens is 248 g/mol. The first-order valence-corrected chi connectivity index (χ1v) is 5.57. The predicted octanol–water partition coefficient (Wildman–Crippen LogP) is -0.235. The Morgan fingerprint density at radius 2 is 1.89 bits per heavy atom. The highest BCUT2D eigenvalue weighted by atomic mass is 16.2. The number of hydrogen-bond donors (Lipinski definition) is 2. The Kier molecular flexibility index (Phi) is 3.32. The molecule has 0 bridgehead atoms. The lowest BCUT2D eigenvalue weighted by Crippen LogP contribution is -2.21. The monoisotopic (exact) mass is 262 g/mol. The number of aromatic nitrogens is 4. The SMILES string of the molecule is CNC(=O)c1nc(NC(=O)c2nccn2C)cn1C. The van der Waals surface area contributed by atoms with Crippen molar-refractivity contribution in [3.63, 3.8) is 0 Å². The Balaban J connectivity index is 2.19. The highest BCUT2D eigenvalue weighted by Crippen LogP contribution is 2.08. The summed E-state index contributed by atoms with van der Waals surface area (Å²) in [5, 5.41) is 5.07. The smallest absolute Gasteiger partial charge is 0.292 e. The van der Waals surface area contributed by atoms with Crippen LogP contribution in [-0.2, 0) is 14.1 Å². The summed E-state index contributed by atoms with van der Waals surface area (Å²) in [6.45, 7) is 0. The van der Waals surface area contributed by atoms with E-state index in [4.69, 9.17) is 0 Å². The second-order valence-corrected chi connectivity index (χ2v) is 3.96. The van der Waals surface area contributed by atoms with Crippen LogP contribution in [0.25, 0.3) is 0 Å². The van der Waals surface area contributed by atoms with Crippen molar-refractivity contribution in [3.05, 3.63) is 30.2 Å². The van der Waals surface area contributed by atoms with E-state index in [1.54, 1.807) is 31.1 Å². The molecule has 0 radical (unpaired) electrons. The van der Waals surface area contributed by atoms with Crippen molar-refractivity contribution in [2.45, 2.75) is 0 Å². The number of imidazole rings is 2. The summed E-state index contributed by atoms with van der Waals surface area (Å²) in [6.07, 6.45) is 4.76. The number of carbonyl (C=O) groups is 2. The second-order valence-electron chi connectivity index (χ2n) is 3.96. The van der Waals surface area contributed by atoms with Crippen LogP contribution < -0.4 is 10.6 Å². The summed E-state index contributed by atoms with van der Waals surface area (Å²) in [6, 6.07) is 0. The van der Waals surface area contributed by atoms with Gasteiger partial charge in [-0.3, -0.25) is 9.59 Å². The van der Waals surface area contributed by atoms with Gasteiger partial charge in [0.25, 0.3) is 11.8 Å². The molecule has 100 valence electrons. The van der Waals surface area contributed by atoms with Crippen LogP contribution in [0.4, 0.5) is 5.82 Å². The molecule has 0 aliphatic rings. The topological polar surface area (TPSA) is 93.8 Å². The van der Waals surface area contributed by atoms with Gasteiger partial charge in [-0.25, -0.2) is 9.97 Å². The molecule has 2 amide bonds. The maximum absolute atomic E-state index is 11.9. The average molecular weight is 262 g/mol. The molecule has 0 saturated heterocycles. The van der Waals surface area contributed by atoms with Crippen LogP contribution in [0.3, 0.4) is 0 Å². The molecule has 0 spiro atoms. The fourth-order valence-electron chi connectivity index (χ4n) is 1.61. The van der Waals surface area contributed by atoms with Crippen molar-refractivity contribution in [2.24, 2.45) is 14.1 Å². The zero-order chi connectivity index (χ0) is 14.0. The number of nitrogens with one attached hydrogen (secondary N) is 2. The van der Waals surface area contributed by atoms with Gasteiger partial charge in [-0.1, -0.05) is 0 Å². The van der Waals surface area contributed by atoms with Gasteiger partial charge in [-0.15, -0.1) is 0 Å². The van der Waals surface area contributed by atoms with Gasteiger partial charge in [0.2, 0.25) is 5.82 Å². The standard InChI is InChI=1S/C11H14N6O2/c1-12-10(18)9-14-7(6-17(9)3)15-11(19)8-13-4-5-16(8)2/h4-6H,1-3H3,(H,12,18)(H,15,19). The Morgan fingerprint density at radius 1 is 1.16 bits per heavy atom. The van der Waals surface area contributed by atoms with E-state index in [1.165, 1.54) is 17.8 Å². The van der Waals surface area contributed by atoms with Gasteiger partial charge >= 0.3 is 0 Å². The summed E-state index contributed by atoms with van der Waals surface area (Å²) in [4.78, 5) is 31.4. The van der Waals surface area contributed by atoms with Crippen LogP contribution in [0, 0.1) is 0 Å². The van der Waals surface area contributed by atoms with Gasteiger partial charge in [0.05, 0.1) is 0 Å². The van der Waals surface area contributed by atoms with Crippen LogP contribution in [0.15, 0.2) is 18.6 Å². The van der Waals surface area contributed by atoms with Gasteiger partial charge < -0.3 is 19.8 Å². The van der Waals surface area contributed by atoms with E-state index in [0.717, 1.165) is 0 Å². The highest BCUT2D eigenvalue weighted by Gasteiger charge is 2.16. The lowest BCUT2D eigenvalue weighted by molar-refractivity contribution is 0.0948. The first-order chi connectivity index (χ1) is 9.02. The predicted molar refractivity (Wildman–Crippen MR) is 67.8 cm³/mol. The molecule has 2 N–H and O–H groups in total. The van der Waals surface area contributed by atoms with Gasteiger partial charge in [-0.2, -0.15) is 0 Å². The quantitative estimate of drug-likeness (QED) is 0.798. The van der Waals surface area contributed by atoms with Crippen LogP contribution >= 0.6 is 0 Å². The minimum absolute atomic E-state index is 0.220. The normalized spacial score (nSPS) is 10.3. The van der Waals surface area contributed by atoms with Crippen molar-refractivity contribution in [1.82, 2.24) is 24.4 Å². The summed E-state index contributed by atoms with van der Waals surface area (Å²) in [5.41, 5.74) is 0. The number of hydrogen-bond acceptors (Lipinski definition) is 4. The summed E-state index contributed by atoms with van der Waals surface area (Å²) < 4.78 is 3.13. The molecule has 2 heterocycles. The lowest BCUT2D eigenvalue weighted by Gasteiger charge is -2.01. The van der Waals surface area contributed by atoms with Crippen molar-refractivity contribution >= 4 is 17.6 Å². The summed E-state index contributed by atoms with van der Waals surface area (Å²) in [7, 11) is 4.91. The first-order valence-electron chi connectivity index (χ1n) is 5.57. The maximum atomic E-state index is 11.9. The fourth-order valence-corrected chi connectivity index (χ4v) is 1.61. The van der Waals surface area contributed by atoms with Crippen molar-refractivity contribution in [2.75, 3.05) is 12.4 Å². The lowest BCUT2D eigenvalue weighted by atomic mass is 10.5. The summed E-state index contributed by atoms with van der Waals surface area (Å²) in [5.74, 6) is 0.0907.